The average Bonchev–Trinajstić information content (AvgIpc) is 3.46. The van der Waals surface area contributed by atoms with Gasteiger partial charge in [0.25, 0.3) is 0 Å². The lowest BCUT2D eigenvalue weighted by molar-refractivity contribution is -0.120. The highest BCUT2D eigenvalue weighted by Crippen LogP contribution is 2.30. The van der Waals surface area contributed by atoms with E-state index >= 15 is 0 Å². The van der Waals surface area contributed by atoms with Gasteiger partial charge >= 0.3 is 5.97 Å². The van der Waals surface area contributed by atoms with Crippen molar-refractivity contribution in [2.45, 2.75) is 29.9 Å². The van der Waals surface area contributed by atoms with E-state index in [4.69, 9.17) is 4.74 Å². The molecule has 1 saturated heterocycles. The first-order valence-electron chi connectivity index (χ1n) is 10.4. The minimum Gasteiger partial charge on any atom is -0.464 e. The summed E-state index contributed by atoms with van der Waals surface area (Å²) in [5.41, 5.74) is 1.59. The highest BCUT2D eigenvalue weighted by atomic mass is 32.2. The van der Waals surface area contributed by atoms with Crippen LogP contribution in [0.3, 0.4) is 0 Å². The van der Waals surface area contributed by atoms with Gasteiger partial charge in [-0.15, -0.1) is 16.9 Å². The third kappa shape index (κ3) is 5.40. The van der Waals surface area contributed by atoms with Crippen molar-refractivity contribution in [2.75, 3.05) is 25.2 Å². The Labute approximate surface area is 195 Å². The maximum absolute atomic E-state index is 13.7. The smallest absolute Gasteiger partial charge is 0.360 e. The first-order chi connectivity index (χ1) is 16.0. The molecule has 10 heteroatoms. The number of aromatic nitrogens is 3. The number of amides is 1. The molecule has 2 aromatic carbocycles. The lowest BCUT2D eigenvalue weighted by atomic mass is 10.1. The zero-order valence-electron chi connectivity index (χ0n) is 18.3. The molecule has 3 aromatic rings. The van der Waals surface area contributed by atoms with Gasteiger partial charge in [-0.2, -0.15) is 0 Å². The molecule has 1 aliphatic heterocycles. The third-order valence-electron chi connectivity index (χ3n) is 5.57. The highest BCUT2D eigenvalue weighted by molar-refractivity contribution is 7.98. The molecule has 8 nitrogen and oxygen atoms in total. The van der Waals surface area contributed by atoms with Gasteiger partial charge in [0, 0.05) is 23.7 Å². The molecule has 0 aliphatic carbocycles. The Hall–Kier alpha value is -3.24. The molecule has 33 heavy (non-hydrogen) atoms. The molecule has 172 valence electrons. The lowest BCUT2D eigenvalue weighted by Crippen LogP contribution is -2.39. The second-order valence-electron chi connectivity index (χ2n) is 7.76. The monoisotopic (exact) mass is 469 g/mol. The summed E-state index contributed by atoms with van der Waals surface area (Å²) in [6.45, 7) is 0.888. The second kappa shape index (κ2) is 10.1. The molecule has 1 fully saturated rings. The number of halogens is 1. The maximum Gasteiger partial charge on any atom is 0.360 e. The van der Waals surface area contributed by atoms with Gasteiger partial charge in [0.15, 0.2) is 5.69 Å². The Morgan fingerprint density at radius 1 is 1.24 bits per heavy atom. The van der Waals surface area contributed by atoms with Crippen LogP contribution in [0.4, 0.5) is 10.1 Å². The Bertz CT molecular complexity index is 1150. The van der Waals surface area contributed by atoms with Crippen molar-refractivity contribution in [3.63, 3.8) is 0 Å². The molecule has 1 amide bonds. The Kier molecular flexibility index (Phi) is 7.05. The van der Waals surface area contributed by atoms with Crippen LogP contribution in [0.1, 0.15) is 28.5 Å². The Balaban J connectivity index is 1.56. The number of rotatable bonds is 7. The fraction of sp³-hybridized carbons (Fsp3) is 0.304. The number of hydrogen-bond acceptors (Lipinski definition) is 7. The quantitative estimate of drug-likeness (QED) is 0.419. The number of hydrogen-bond donors (Lipinski definition) is 1. The summed E-state index contributed by atoms with van der Waals surface area (Å²) in [5, 5.41) is 10.9. The standard InChI is InChI=1S/C23H24FN5O3S/c1-32-23(31)20-14-29(27-26-20)18-11-21(22(30)25-17-7-4-8-19(10-17)33-2)28(13-18)12-15-5-3-6-16(24)9-15/h3-10,14,18,21H,11-13H2,1-2H3,(H,25,30)/t18-,21+/m1/s1. The normalized spacial score (nSPS) is 18.3. The molecule has 1 N–H and O–H groups in total. The van der Waals surface area contributed by atoms with E-state index in [2.05, 4.69) is 15.6 Å². The molecular weight excluding hydrogens is 445 g/mol. The van der Waals surface area contributed by atoms with Crippen LogP contribution in [0, 0.1) is 5.82 Å². The number of anilines is 1. The summed E-state index contributed by atoms with van der Waals surface area (Å²) < 4.78 is 20.0. The van der Waals surface area contributed by atoms with E-state index in [-0.39, 0.29) is 23.5 Å². The number of esters is 1. The van der Waals surface area contributed by atoms with E-state index in [9.17, 15) is 14.0 Å². The molecule has 2 atom stereocenters. The lowest BCUT2D eigenvalue weighted by Gasteiger charge is -2.23. The van der Waals surface area contributed by atoms with Gasteiger partial charge in [0.1, 0.15) is 5.82 Å². The molecule has 0 bridgehead atoms. The number of ether oxygens (including phenoxy) is 1. The summed E-state index contributed by atoms with van der Waals surface area (Å²) in [5.74, 6) is -1.04. The molecule has 2 heterocycles. The minimum absolute atomic E-state index is 0.107. The highest BCUT2D eigenvalue weighted by Gasteiger charge is 2.38. The molecule has 1 aromatic heterocycles. The van der Waals surface area contributed by atoms with Gasteiger partial charge in [-0.3, -0.25) is 9.69 Å². The van der Waals surface area contributed by atoms with Gasteiger partial charge < -0.3 is 10.1 Å². The number of nitrogens with one attached hydrogen (secondary N) is 1. The number of benzene rings is 2. The summed E-state index contributed by atoms with van der Waals surface area (Å²) in [6.07, 6.45) is 3.97. The average molecular weight is 470 g/mol. The van der Waals surface area contributed by atoms with Crippen LogP contribution < -0.4 is 5.32 Å². The van der Waals surface area contributed by atoms with Gasteiger partial charge in [0.2, 0.25) is 5.91 Å². The fourth-order valence-corrected chi connectivity index (χ4v) is 4.43. The predicted molar refractivity (Wildman–Crippen MR) is 122 cm³/mol. The molecule has 0 radical (unpaired) electrons. The number of methoxy groups -OCH3 is 1. The first-order valence-corrected chi connectivity index (χ1v) is 11.6. The van der Waals surface area contributed by atoms with Crippen molar-refractivity contribution >= 4 is 29.3 Å². The molecule has 4 rings (SSSR count). The molecule has 0 spiro atoms. The zero-order chi connectivity index (χ0) is 23.4. The van der Waals surface area contributed by atoms with Gasteiger partial charge in [0.05, 0.1) is 25.4 Å². The maximum atomic E-state index is 13.7. The second-order valence-corrected chi connectivity index (χ2v) is 8.64. The number of likely N-dealkylation sites (tertiary alicyclic amines) is 1. The van der Waals surface area contributed by atoms with Crippen molar-refractivity contribution < 1.29 is 18.7 Å². The van der Waals surface area contributed by atoms with E-state index in [1.54, 1.807) is 22.5 Å². The Morgan fingerprint density at radius 3 is 2.82 bits per heavy atom. The summed E-state index contributed by atoms with van der Waals surface area (Å²) in [7, 11) is 1.28. The van der Waals surface area contributed by atoms with Gasteiger partial charge in [-0.1, -0.05) is 23.4 Å². The molecule has 1 aliphatic rings. The topological polar surface area (TPSA) is 89.4 Å². The summed E-state index contributed by atoms with van der Waals surface area (Å²) >= 11 is 1.60. The van der Waals surface area contributed by atoms with Gasteiger partial charge in [-0.05, 0) is 48.6 Å². The van der Waals surface area contributed by atoms with E-state index < -0.39 is 12.0 Å². The van der Waals surface area contributed by atoms with Crippen molar-refractivity contribution in [2.24, 2.45) is 0 Å². The summed E-state index contributed by atoms with van der Waals surface area (Å²) in [4.78, 5) is 28.1. The Morgan fingerprint density at radius 2 is 2.06 bits per heavy atom. The van der Waals surface area contributed by atoms with Crippen molar-refractivity contribution in [1.29, 1.82) is 0 Å². The largest absolute Gasteiger partial charge is 0.464 e. The number of nitrogens with zero attached hydrogens (tertiary/aromatic N) is 4. The van der Waals surface area contributed by atoms with E-state index in [0.29, 0.717) is 19.5 Å². The predicted octanol–water partition coefficient (Wildman–Crippen LogP) is 3.38. The number of carbonyl (C=O) groups excluding carboxylic acids is 2. The van der Waals surface area contributed by atoms with Crippen LogP contribution in [0.5, 0.6) is 0 Å². The number of carbonyl (C=O) groups is 2. The van der Waals surface area contributed by atoms with Crippen LogP contribution in [-0.2, 0) is 16.1 Å². The third-order valence-corrected chi connectivity index (χ3v) is 6.30. The zero-order valence-corrected chi connectivity index (χ0v) is 19.1. The van der Waals surface area contributed by atoms with E-state index in [0.717, 1.165) is 16.1 Å². The van der Waals surface area contributed by atoms with Crippen LogP contribution >= 0.6 is 11.8 Å². The van der Waals surface area contributed by atoms with E-state index in [1.807, 2.05) is 41.5 Å². The van der Waals surface area contributed by atoms with Crippen molar-refractivity contribution in [3.8, 4) is 0 Å². The summed E-state index contributed by atoms with van der Waals surface area (Å²) in [6, 6.07) is 13.3. The van der Waals surface area contributed by atoms with Crippen LogP contribution in [0.15, 0.2) is 59.6 Å². The fourth-order valence-electron chi connectivity index (χ4n) is 3.97. The SMILES string of the molecule is COC(=O)c1cn([C@@H]2C[C@@H](C(=O)Nc3cccc(SC)c3)N(Cc3cccc(F)c3)C2)nn1. The van der Waals surface area contributed by atoms with E-state index in [1.165, 1.54) is 25.4 Å². The van der Waals surface area contributed by atoms with Crippen molar-refractivity contribution in [3.05, 3.63) is 71.8 Å². The first kappa shape index (κ1) is 22.9. The number of thioether (sulfide) groups is 1. The van der Waals surface area contributed by atoms with Crippen LogP contribution in [0.25, 0.3) is 0 Å². The molecule has 0 saturated carbocycles. The van der Waals surface area contributed by atoms with Crippen molar-refractivity contribution in [1.82, 2.24) is 19.9 Å². The molecule has 0 unspecified atom stereocenters. The van der Waals surface area contributed by atoms with Gasteiger partial charge in [-0.25, -0.2) is 13.9 Å². The van der Waals surface area contributed by atoms with Crippen LogP contribution in [-0.4, -0.2) is 57.7 Å². The molecular formula is C23H24FN5O3S. The van der Waals surface area contributed by atoms with Crippen LogP contribution in [0.2, 0.25) is 0 Å². The minimum atomic E-state index is -0.571.